The number of sulfonamides is 1. The van der Waals surface area contributed by atoms with Crippen LogP contribution in [0.2, 0.25) is 0 Å². The summed E-state index contributed by atoms with van der Waals surface area (Å²) in [6.45, 7) is 6.82. The highest BCUT2D eigenvalue weighted by Crippen LogP contribution is 2.23. The number of hydrogen-bond donors (Lipinski definition) is 0. The number of benzene rings is 2. The van der Waals surface area contributed by atoms with Crippen LogP contribution in [0.3, 0.4) is 0 Å². The fourth-order valence-electron chi connectivity index (χ4n) is 3.03. The maximum absolute atomic E-state index is 12.8. The molecule has 0 spiro atoms. The molecule has 2 rings (SSSR count). The predicted molar refractivity (Wildman–Crippen MR) is 113 cm³/mol. The smallest absolute Gasteiger partial charge is 0.232 e. The summed E-state index contributed by atoms with van der Waals surface area (Å²) in [4.78, 5) is 14.9. The summed E-state index contributed by atoms with van der Waals surface area (Å²) in [5.41, 5.74) is 1.50. The van der Waals surface area contributed by atoms with Crippen LogP contribution in [0.15, 0.2) is 48.5 Å². The van der Waals surface area contributed by atoms with E-state index in [1.54, 1.807) is 48.5 Å². The van der Waals surface area contributed by atoms with Crippen molar-refractivity contribution in [3.8, 4) is 5.75 Å². The van der Waals surface area contributed by atoms with Gasteiger partial charge in [-0.3, -0.25) is 9.10 Å². The van der Waals surface area contributed by atoms with Gasteiger partial charge in [-0.05, 0) is 49.5 Å². The van der Waals surface area contributed by atoms with E-state index < -0.39 is 10.0 Å². The average molecular weight is 405 g/mol. The molecule has 7 heteroatoms. The van der Waals surface area contributed by atoms with Crippen molar-refractivity contribution in [2.24, 2.45) is 0 Å². The molecule has 0 aliphatic rings. The van der Waals surface area contributed by atoms with Gasteiger partial charge in [-0.1, -0.05) is 26.0 Å². The Hall–Kier alpha value is -2.38. The number of rotatable bonds is 10. The van der Waals surface area contributed by atoms with Gasteiger partial charge in [0.2, 0.25) is 10.0 Å². The minimum Gasteiger partial charge on any atom is -0.496 e. The van der Waals surface area contributed by atoms with E-state index in [1.807, 2.05) is 13.8 Å². The lowest BCUT2D eigenvalue weighted by atomic mass is 10.0. The van der Waals surface area contributed by atoms with Crippen molar-refractivity contribution in [2.75, 3.05) is 43.8 Å². The third kappa shape index (κ3) is 5.33. The molecule has 0 radical (unpaired) electrons. The fraction of sp³-hybridized carbons (Fsp3) is 0.381. The van der Waals surface area contributed by atoms with Crippen LogP contribution in [-0.4, -0.2) is 58.6 Å². The van der Waals surface area contributed by atoms with Gasteiger partial charge in [0.05, 0.1) is 24.6 Å². The zero-order chi connectivity index (χ0) is 20.7. The van der Waals surface area contributed by atoms with Gasteiger partial charge in [-0.15, -0.1) is 0 Å². The second-order valence-electron chi connectivity index (χ2n) is 6.44. The van der Waals surface area contributed by atoms with Crippen molar-refractivity contribution in [3.63, 3.8) is 0 Å². The zero-order valence-corrected chi connectivity index (χ0v) is 17.7. The second-order valence-corrected chi connectivity index (χ2v) is 8.35. The molecule has 0 aromatic heterocycles. The summed E-state index contributed by atoms with van der Waals surface area (Å²) in [5.74, 6) is 0.339. The lowest BCUT2D eigenvalue weighted by molar-refractivity contribution is 0.103. The summed E-state index contributed by atoms with van der Waals surface area (Å²) < 4.78 is 31.2. The summed E-state index contributed by atoms with van der Waals surface area (Å²) in [7, 11) is -1.90. The van der Waals surface area contributed by atoms with E-state index in [4.69, 9.17) is 4.74 Å². The summed E-state index contributed by atoms with van der Waals surface area (Å²) >= 11 is 0. The van der Waals surface area contributed by atoms with E-state index in [0.717, 1.165) is 13.1 Å². The molecular formula is C21H28N2O4S. The van der Waals surface area contributed by atoms with Gasteiger partial charge >= 0.3 is 0 Å². The van der Waals surface area contributed by atoms with Crippen LogP contribution < -0.4 is 9.04 Å². The zero-order valence-electron chi connectivity index (χ0n) is 16.9. The van der Waals surface area contributed by atoms with Gasteiger partial charge in [0, 0.05) is 18.7 Å². The number of nitrogens with zero attached hydrogens (tertiary/aromatic N) is 2. The second kappa shape index (κ2) is 9.71. The Morgan fingerprint density at radius 3 is 2.11 bits per heavy atom. The van der Waals surface area contributed by atoms with Crippen LogP contribution in [-0.2, 0) is 10.0 Å². The normalized spacial score (nSPS) is 11.5. The van der Waals surface area contributed by atoms with Crippen molar-refractivity contribution in [3.05, 3.63) is 59.7 Å². The molecule has 0 saturated heterocycles. The average Bonchev–Trinajstić information content (AvgIpc) is 2.70. The molecule has 0 atom stereocenters. The van der Waals surface area contributed by atoms with Gasteiger partial charge in [-0.2, -0.15) is 0 Å². The minimum absolute atomic E-state index is 0.168. The quantitative estimate of drug-likeness (QED) is 0.570. The van der Waals surface area contributed by atoms with Crippen molar-refractivity contribution in [1.29, 1.82) is 0 Å². The molecule has 0 heterocycles. The summed E-state index contributed by atoms with van der Waals surface area (Å²) in [6.07, 6.45) is 1.20. The molecule has 0 aliphatic heterocycles. The molecule has 0 bridgehead atoms. The van der Waals surface area contributed by atoms with Crippen LogP contribution in [0.4, 0.5) is 5.69 Å². The first-order valence-corrected chi connectivity index (χ1v) is 11.1. The third-order valence-corrected chi connectivity index (χ3v) is 5.88. The molecular weight excluding hydrogens is 376 g/mol. The van der Waals surface area contributed by atoms with Gasteiger partial charge in [-0.25, -0.2) is 8.42 Å². The predicted octanol–water partition coefficient (Wildman–Crippen LogP) is 3.03. The highest BCUT2D eigenvalue weighted by Gasteiger charge is 2.19. The van der Waals surface area contributed by atoms with Gasteiger partial charge in [0.25, 0.3) is 0 Å². The first kappa shape index (κ1) is 21.9. The molecule has 6 nitrogen and oxygen atoms in total. The first-order valence-electron chi connectivity index (χ1n) is 9.29. The third-order valence-electron chi connectivity index (χ3n) is 4.68. The molecule has 0 saturated carbocycles. The summed E-state index contributed by atoms with van der Waals surface area (Å²) in [5, 5.41) is 0. The summed E-state index contributed by atoms with van der Waals surface area (Å²) in [6, 6.07) is 13.7. The minimum atomic E-state index is -3.42. The number of para-hydroxylation sites is 1. The van der Waals surface area contributed by atoms with Gasteiger partial charge < -0.3 is 9.64 Å². The Bertz CT molecular complexity index is 891. The Balaban J connectivity index is 2.26. The van der Waals surface area contributed by atoms with E-state index in [2.05, 4.69) is 4.90 Å². The van der Waals surface area contributed by atoms with E-state index in [0.29, 0.717) is 35.7 Å². The molecule has 152 valence electrons. The SMILES string of the molecule is CCN(CC)CCN(c1ccc(C(=O)c2ccccc2OC)cc1)S(C)(=O)=O. The molecule has 28 heavy (non-hydrogen) atoms. The van der Waals surface area contributed by atoms with Crippen molar-refractivity contribution < 1.29 is 17.9 Å². The molecule has 0 amide bonds. The molecule has 0 aliphatic carbocycles. The Morgan fingerprint density at radius 2 is 1.57 bits per heavy atom. The van der Waals surface area contributed by atoms with Crippen LogP contribution >= 0.6 is 0 Å². The van der Waals surface area contributed by atoms with Crippen molar-refractivity contribution >= 4 is 21.5 Å². The van der Waals surface area contributed by atoms with E-state index in [-0.39, 0.29) is 5.78 Å². The number of hydrogen-bond acceptors (Lipinski definition) is 5. The Labute approximate surface area is 167 Å². The molecule has 0 fully saturated rings. The first-order chi connectivity index (χ1) is 13.3. The maximum Gasteiger partial charge on any atom is 0.232 e. The number of ketones is 1. The number of carbonyl (C=O) groups excluding carboxylic acids is 1. The number of methoxy groups -OCH3 is 1. The Kier molecular flexibility index (Phi) is 7.60. The highest BCUT2D eigenvalue weighted by molar-refractivity contribution is 7.92. The number of carbonyl (C=O) groups is 1. The van der Waals surface area contributed by atoms with Gasteiger partial charge in [0.15, 0.2) is 5.78 Å². The molecule has 0 unspecified atom stereocenters. The molecule has 2 aromatic rings. The highest BCUT2D eigenvalue weighted by atomic mass is 32.2. The van der Waals surface area contributed by atoms with E-state index in [1.165, 1.54) is 17.7 Å². The van der Waals surface area contributed by atoms with Crippen molar-refractivity contribution in [1.82, 2.24) is 4.90 Å². The maximum atomic E-state index is 12.8. The fourth-order valence-corrected chi connectivity index (χ4v) is 3.94. The van der Waals surface area contributed by atoms with Gasteiger partial charge in [0.1, 0.15) is 5.75 Å². The molecule has 2 aromatic carbocycles. The van der Waals surface area contributed by atoms with Crippen molar-refractivity contribution in [2.45, 2.75) is 13.8 Å². The number of anilines is 1. The number of likely N-dealkylation sites (N-methyl/N-ethyl adjacent to an activating group) is 1. The Morgan fingerprint density at radius 1 is 0.964 bits per heavy atom. The standard InChI is InChI=1S/C21H28N2O4S/c1-5-22(6-2)15-16-23(28(4,25)26)18-13-11-17(12-14-18)21(24)19-9-7-8-10-20(19)27-3/h7-14H,5-6,15-16H2,1-4H3. The van der Waals surface area contributed by atoms with Crippen LogP contribution in [0.1, 0.15) is 29.8 Å². The van der Waals surface area contributed by atoms with Crippen LogP contribution in [0, 0.1) is 0 Å². The monoisotopic (exact) mass is 404 g/mol. The van der Waals surface area contributed by atoms with Crippen LogP contribution in [0.25, 0.3) is 0 Å². The van der Waals surface area contributed by atoms with E-state index in [9.17, 15) is 13.2 Å². The van der Waals surface area contributed by atoms with Crippen LogP contribution in [0.5, 0.6) is 5.75 Å². The topological polar surface area (TPSA) is 66.9 Å². The lowest BCUT2D eigenvalue weighted by Crippen LogP contribution is -2.38. The number of ether oxygens (including phenoxy) is 1. The molecule has 0 N–H and O–H groups in total. The largest absolute Gasteiger partial charge is 0.496 e. The van der Waals surface area contributed by atoms with E-state index >= 15 is 0 Å². The lowest BCUT2D eigenvalue weighted by Gasteiger charge is -2.26.